The summed E-state index contributed by atoms with van der Waals surface area (Å²) < 4.78 is 0. The van der Waals surface area contributed by atoms with Crippen molar-refractivity contribution in [2.24, 2.45) is 0 Å². The lowest BCUT2D eigenvalue weighted by Gasteiger charge is -2.22. The first-order valence-corrected chi connectivity index (χ1v) is 7.67. The van der Waals surface area contributed by atoms with Crippen LogP contribution >= 0.6 is 11.3 Å². The Balaban J connectivity index is 1.93. The molecule has 0 radical (unpaired) electrons. The summed E-state index contributed by atoms with van der Waals surface area (Å²) in [5, 5.41) is 25.6. The number of amides is 1. The van der Waals surface area contributed by atoms with Gasteiger partial charge in [0.2, 0.25) is 5.91 Å². The van der Waals surface area contributed by atoms with Crippen LogP contribution in [0.3, 0.4) is 0 Å². The minimum absolute atomic E-state index is 0.0703. The fraction of sp³-hybridized carbons (Fsp3) is 0.250. The van der Waals surface area contributed by atoms with E-state index in [1.807, 2.05) is 16.8 Å². The van der Waals surface area contributed by atoms with Gasteiger partial charge in [0.15, 0.2) is 0 Å². The minimum Gasteiger partial charge on any atom is -0.478 e. The van der Waals surface area contributed by atoms with Crippen LogP contribution in [0.15, 0.2) is 41.1 Å². The molecule has 5 nitrogen and oxygen atoms in total. The Hall–Kier alpha value is -2.18. The fourth-order valence-corrected chi connectivity index (χ4v) is 2.79. The van der Waals surface area contributed by atoms with E-state index < -0.39 is 11.6 Å². The van der Waals surface area contributed by atoms with Gasteiger partial charge in [-0.25, -0.2) is 4.79 Å². The molecule has 2 rings (SSSR count). The van der Waals surface area contributed by atoms with Gasteiger partial charge in [0.05, 0.1) is 18.5 Å². The molecular weight excluding hydrogens is 302 g/mol. The van der Waals surface area contributed by atoms with Crippen molar-refractivity contribution in [3.63, 3.8) is 0 Å². The van der Waals surface area contributed by atoms with E-state index in [2.05, 4.69) is 5.32 Å². The van der Waals surface area contributed by atoms with Crippen LogP contribution < -0.4 is 5.32 Å². The van der Waals surface area contributed by atoms with E-state index >= 15 is 0 Å². The molecule has 1 aromatic carbocycles. The second-order valence-corrected chi connectivity index (χ2v) is 6.02. The zero-order valence-corrected chi connectivity index (χ0v) is 12.9. The van der Waals surface area contributed by atoms with E-state index in [9.17, 15) is 14.7 Å². The lowest BCUT2D eigenvalue weighted by molar-refractivity contribution is -0.121. The average molecular weight is 319 g/mol. The molecule has 1 unspecified atom stereocenters. The Morgan fingerprint density at radius 1 is 1.32 bits per heavy atom. The number of carboxylic acids is 1. The minimum atomic E-state index is -1.13. The summed E-state index contributed by atoms with van der Waals surface area (Å²) in [4.78, 5) is 22.8. The first-order valence-electron chi connectivity index (χ1n) is 6.72. The standard InChI is InChI=1S/C16H17NO4S/c1-16(21,13-5-6-22-9-13)10-17-14(18)8-11-3-2-4-12(7-11)15(19)20/h2-7,9,21H,8,10H2,1H3,(H,17,18)(H,19,20). The first kappa shape index (κ1) is 16.2. The summed E-state index contributed by atoms with van der Waals surface area (Å²) in [7, 11) is 0. The fourth-order valence-electron chi connectivity index (χ4n) is 2.01. The lowest BCUT2D eigenvalue weighted by Crippen LogP contribution is -2.39. The second kappa shape index (κ2) is 6.72. The average Bonchev–Trinajstić information content (AvgIpc) is 3.00. The number of aliphatic hydroxyl groups is 1. The van der Waals surface area contributed by atoms with Crippen LogP contribution in [0.4, 0.5) is 0 Å². The number of rotatable bonds is 6. The lowest BCUT2D eigenvalue weighted by atomic mass is 9.99. The third-order valence-corrected chi connectivity index (χ3v) is 3.99. The predicted molar refractivity (Wildman–Crippen MR) is 84.0 cm³/mol. The third kappa shape index (κ3) is 4.16. The topological polar surface area (TPSA) is 86.6 Å². The van der Waals surface area contributed by atoms with Crippen molar-refractivity contribution in [2.75, 3.05) is 6.54 Å². The van der Waals surface area contributed by atoms with E-state index in [1.54, 1.807) is 19.1 Å². The van der Waals surface area contributed by atoms with Crippen LogP contribution in [0.5, 0.6) is 0 Å². The molecule has 6 heteroatoms. The molecule has 0 saturated heterocycles. The largest absolute Gasteiger partial charge is 0.478 e. The highest BCUT2D eigenvalue weighted by Crippen LogP contribution is 2.22. The Morgan fingerprint density at radius 2 is 2.09 bits per heavy atom. The molecule has 1 atom stereocenters. The quantitative estimate of drug-likeness (QED) is 0.760. The van der Waals surface area contributed by atoms with Gasteiger partial charge < -0.3 is 15.5 Å². The molecule has 22 heavy (non-hydrogen) atoms. The van der Waals surface area contributed by atoms with Crippen LogP contribution in [-0.4, -0.2) is 28.6 Å². The number of hydrogen-bond donors (Lipinski definition) is 3. The zero-order valence-electron chi connectivity index (χ0n) is 12.1. The molecule has 116 valence electrons. The van der Waals surface area contributed by atoms with Gasteiger partial charge in [-0.1, -0.05) is 12.1 Å². The Kier molecular flexibility index (Phi) is 4.95. The molecule has 1 heterocycles. The number of carboxylic acid groups (broad SMARTS) is 1. The van der Waals surface area contributed by atoms with Crippen LogP contribution in [0.25, 0.3) is 0 Å². The molecule has 1 aromatic heterocycles. The van der Waals surface area contributed by atoms with Crippen molar-refractivity contribution >= 4 is 23.2 Å². The molecule has 0 bridgehead atoms. The van der Waals surface area contributed by atoms with Gasteiger partial charge >= 0.3 is 5.97 Å². The van der Waals surface area contributed by atoms with Crippen molar-refractivity contribution < 1.29 is 19.8 Å². The third-order valence-electron chi connectivity index (χ3n) is 3.31. The monoisotopic (exact) mass is 319 g/mol. The van der Waals surface area contributed by atoms with E-state index in [4.69, 9.17) is 5.11 Å². The number of thiophene rings is 1. The summed E-state index contributed by atoms with van der Waals surface area (Å²) in [6.45, 7) is 1.74. The summed E-state index contributed by atoms with van der Waals surface area (Å²) in [5.41, 5.74) is 0.396. The van der Waals surface area contributed by atoms with E-state index in [-0.39, 0.29) is 24.4 Å². The van der Waals surface area contributed by atoms with Gasteiger partial charge in [0.1, 0.15) is 5.60 Å². The number of carbonyl (C=O) groups is 2. The van der Waals surface area contributed by atoms with Crippen LogP contribution in [-0.2, 0) is 16.8 Å². The Labute approximate surface area is 132 Å². The molecule has 1 amide bonds. The maximum atomic E-state index is 11.9. The second-order valence-electron chi connectivity index (χ2n) is 5.24. The van der Waals surface area contributed by atoms with Gasteiger partial charge in [-0.3, -0.25) is 4.79 Å². The zero-order chi connectivity index (χ0) is 16.2. The molecule has 3 N–H and O–H groups in total. The van der Waals surface area contributed by atoms with Crippen LogP contribution in [0.1, 0.15) is 28.4 Å². The molecule has 0 aliphatic carbocycles. The maximum Gasteiger partial charge on any atom is 0.335 e. The van der Waals surface area contributed by atoms with Crippen molar-refractivity contribution in [3.8, 4) is 0 Å². The van der Waals surface area contributed by atoms with E-state index in [1.165, 1.54) is 23.5 Å². The molecule has 0 aliphatic heterocycles. The summed E-state index contributed by atoms with van der Waals surface area (Å²) in [6, 6.07) is 8.06. The number of nitrogens with one attached hydrogen (secondary N) is 1. The van der Waals surface area contributed by atoms with Crippen molar-refractivity contribution in [3.05, 3.63) is 57.8 Å². The van der Waals surface area contributed by atoms with Gasteiger partial charge in [0.25, 0.3) is 0 Å². The summed E-state index contributed by atoms with van der Waals surface area (Å²) >= 11 is 1.48. The smallest absolute Gasteiger partial charge is 0.335 e. The van der Waals surface area contributed by atoms with Crippen LogP contribution in [0.2, 0.25) is 0 Å². The van der Waals surface area contributed by atoms with Gasteiger partial charge in [0, 0.05) is 0 Å². The van der Waals surface area contributed by atoms with Crippen molar-refractivity contribution in [1.82, 2.24) is 5.32 Å². The molecule has 0 saturated carbocycles. The van der Waals surface area contributed by atoms with Crippen molar-refractivity contribution in [1.29, 1.82) is 0 Å². The highest BCUT2D eigenvalue weighted by molar-refractivity contribution is 7.08. The van der Waals surface area contributed by atoms with Crippen molar-refractivity contribution in [2.45, 2.75) is 18.9 Å². The predicted octanol–water partition coefficient (Wildman–Crippen LogP) is 2.01. The molecule has 0 spiro atoms. The first-order chi connectivity index (χ1) is 10.4. The Morgan fingerprint density at radius 3 is 2.73 bits per heavy atom. The number of benzene rings is 1. The number of carbonyl (C=O) groups excluding carboxylic acids is 1. The molecule has 2 aromatic rings. The maximum absolute atomic E-state index is 11.9. The number of hydrogen-bond acceptors (Lipinski definition) is 4. The summed E-state index contributed by atoms with van der Waals surface area (Å²) in [5.74, 6) is -1.29. The molecular formula is C16H17NO4S. The number of aromatic carboxylic acids is 1. The van der Waals surface area contributed by atoms with Gasteiger partial charge in [-0.2, -0.15) is 11.3 Å². The van der Waals surface area contributed by atoms with Crippen LogP contribution in [0, 0.1) is 0 Å². The summed E-state index contributed by atoms with van der Waals surface area (Å²) in [6.07, 6.45) is 0.0703. The highest BCUT2D eigenvalue weighted by atomic mass is 32.1. The molecule has 0 aliphatic rings. The Bertz CT molecular complexity index is 665. The van der Waals surface area contributed by atoms with E-state index in [0.29, 0.717) is 5.56 Å². The van der Waals surface area contributed by atoms with E-state index in [0.717, 1.165) is 5.56 Å². The SMILES string of the molecule is CC(O)(CNC(=O)Cc1cccc(C(=O)O)c1)c1ccsc1. The van der Waals surface area contributed by atoms with Gasteiger partial charge in [-0.05, 0) is 47.0 Å². The van der Waals surface area contributed by atoms with Gasteiger partial charge in [-0.15, -0.1) is 0 Å². The molecule has 0 fully saturated rings. The normalized spacial score (nSPS) is 13.4. The highest BCUT2D eigenvalue weighted by Gasteiger charge is 2.24.